The highest BCUT2D eigenvalue weighted by Gasteiger charge is 2.28. The predicted octanol–water partition coefficient (Wildman–Crippen LogP) is 2.43. The van der Waals surface area contributed by atoms with E-state index in [1.165, 1.54) is 21.8 Å². The van der Waals surface area contributed by atoms with Gasteiger partial charge in [0.1, 0.15) is 11.9 Å². The average molecular weight is 399 g/mol. The molecule has 2 atom stereocenters. The van der Waals surface area contributed by atoms with Crippen molar-refractivity contribution >= 4 is 27.2 Å². The first-order valence-corrected chi connectivity index (χ1v) is 9.86. The molecule has 1 aliphatic rings. The summed E-state index contributed by atoms with van der Waals surface area (Å²) in [5, 5.41) is 18.6. The number of alkyl halides is 1. The van der Waals surface area contributed by atoms with E-state index < -0.39 is 6.17 Å². The second kappa shape index (κ2) is 6.39. The number of phenols is 1. The SMILES string of the molecule is Cn1cc2cc(-c3cc(=O)n4cc(C5CCNCC5F)sc4n3)c(O)cc2n1. The number of aryl methyl sites for hydroxylation is 1. The summed E-state index contributed by atoms with van der Waals surface area (Å²) in [6.07, 6.45) is 3.25. The van der Waals surface area contributed by atoms with Crippen molar-refractivity contribution in [1.82, 2.24) is 24.5 Å². The van der Waals surface area contributed by atoms with Gasteiger partial charge in [-0.05, 0) is 19.0 Å². The van der Waals surface area contributed by atoms with Crippen molar-refractivity contribution in [2.24, 2.45) is 7.05 Å². The van der Waals surface area contributed by atoms with Crippen molar-refractivity contribution in [2.45, 2.75) is 18.5 Å². The third-order valence-electron chi connectivity index (χ3n) is 5.17. The van der Waals surface area contributed by atoms with Crippen LogP contribution >= 0.6 is 11.3 Å². The molecule has 0 amide bonds. The molecule has 4 aromatic rings. The van der Waals surface area contributed by atoms with Gasteiger partial charge in [0.15, 0.2) is 4.96 Å². The molecule has 2 N–H and O–H groups in total. The van der Waals surface area contributed by atoms with Crippen LogP contribution in [0.25, 0.3) is 27.1 Å². The molecular formula is C19H18FN5O2S. The van der Waals surface area contributed by atoms with Crippen molar-refractivity contribution < 1.29 is 9.50 Å². The van der Waals surface area contributed by atoms with Crippen LogP contribution in [0.5, 0.6) is 5.75 Å². The number of benzene rings is 1. The highest BCUT2D eigenvalue weighted by Crippen LogP contribution is 2.35. The molecule has 0 bridgehead atoms. The molecular weight excluding hydrogens is 381 g/mol. The van der Waals surface area contributed by atoms with Crippen LogP contribution in [0.2, 0.25) is 0 Å². The summed E-state index contributed by atoms with van der Waals surface area (Å²) in [6.45, 7) is 1.08. The van der Waals surface area contributed by atoms with E-state index in [1.807, 2.05) is 6.20 Å². The number of nitrogens with one attached hydrogen (secondary N) is 1. The number of piperidine rings is 1. The maximum atomic E-state index is 14.3. The van der Waals surface area contributed by atoms with E-state index in [4.69, 9.17) is 0 Å². The van der Waals surface area contributed by atoms with Crippen LogP contribution in [-0.4, -0.2) is 43.5 Å². The van der Waals surface area contributed by atoms with E-state index in [0.717, 1.165) is 16.8 Å². The first-order chi connectivity index (χ1) is 13.5. The van der Waals surface area contributed by atoms with E-state index in [2.05, 4.69) is 15.4 Å². The molecule has 7 nitrogen and oxygen atoms in total. The molecule has 1 aliphatic heterocycles. The Kier molecular flexibility index (Phi) is 3.95. The lowest BCUT2D eigenvalue weighted by molar-refractivity contribution is 0.233. The number of halogens is 1. The first-order valence-electron chi connectivity index (χ1n) is 9.04. The third-order valence-corrected chi connectivity index (χ3v) is 6.29. The largest absolute Gasteiger partial charge is 0.507 e. The molecule has 1 saturated heterocycles. The molecule has 1 fully saturated rings. The Morgan fingerprint density at radius 3 is 3.00 bits per heavy atom. The number of hydrogen-bond acceptors (Lipinski definition) is 6. The normalized spacial score (nSPS) is 20.2. The summed E-state index contributed by atoms with van der Waals surface area (Å²) in [6, 6.07) is 4.74. The van der Waals surface area contributed by atoms with Crippen LogP contribution in [0.15, 0.2) is 35.4 Å². The van der Waals surface area contributed by atoms with Gasteiger partial charge < -0.3 is 10.4 Å². The second-order valence-electron chi connectivity index (χ2n) is 7.11. The number of hydrogen-bond donors (Lipinski definition) is 2. The maximum absolute atomic E-state index is 14.3. The van der Waals surface area contributed by atoms with E-state index >= 15 is 0 Å². The molecule has 5 rings (SSSR count). The Bertz CT molecular complexity index is 1260. The molecule has 2 unspecified atom stereocenters. The number of rotatable bonds is 2. The van der Waals surface area contributed by atoms with Gasteiger partial charge >= 0.3 is 0 Å². The number of aromatic hydroxyl groups is 1. The summed E-state index contributed by atoms with van der Waals surface area (Å²) in [5.41, 5.74) is 1.28. The molecule has 0 saturated carbocycles. The summed E-state index contributed by atoms with van der Waals surface area (Å²) in [4.78, 5) is 18.5. The number of nitrogens with zero attached hydrogens (tertiary/aromatic N) is 4. The Morgan fingerprint density at radius 1 is 1.32 bits per heavy atom. The quantitative estimate of drug-likeness (QED) is 0.541. The standard InChI is InChI=1S/C19H18FN5O2S/c1-24-8-10-4-12(16(26)5-14(10)23-24)15-6-18(27)25-9-17(28-19(25)22-15)11-2-3-21-7-13(11)20/h4-6,8-9,11,13,21,26H,2-3,7H2,1H3. The molecule has 3 aromatic heterocycles. The van der Waals surface area contributed by atoms with Crippen molar-refractivity contribution in [2.75, 3.05) is 13.1 Å². The highest BCUT2D eigenvalue weighted by molar-refractivity contribution is 7.17. The van der Waals surface area contributed by atoms with Crippen molar-refractivity contribution in [3.63, 3.8) is 0 Å². The molecule has 0 aliphatic carbocycles. The highest BCUT2D eigenvalue weighted by atomic mass is 32.1. The van der Waals surface area contributed by atoms with Gasteiger partial charge in [0.25, 0.3) is 5.56 Å². The van der Waals surface area contributed by atoms with Crippen molar-refractivity contribution in [1.29, 1.82) is 0 Å². The topological polar surface area (TPSA) is 84.5 Å². The van der Waals surface area contributed by atoms with Gasteiger partial charge in [-0.1, -0.05) is 0 Å². The fraction of sp³-hybridized carbons (Fsp3) is 0.316. The maximum Gasteiger partial charge on any atom is 0.259 e. The van der Waals surface area contributed by atoms with Gasteiger partial charge in [-0.15, -0.1) is 11.3 Å². The average Bonchev–Trinajstić information content (AvgIpc) is 3.23. The zero-order chi connectivity index (χ0) is 19.4. The van der Waals surface area contributed by atoms with E-state index in [1.54, 1.807) is 30.1 Å². The Balaban J connectivity index is 1.63. The van der Waals surface area contributed by atoms with Crippen LogP contribution in [0.3, 0.4) is 0 Å². The zero-order valence-corrected chi connectivity index (χ0v) is 15.9. The second-order valence-corrected chi connectivity index (χ2v) is 8.15. The molecule has 4 heterocycles. The monoisotopic (exact) mass is 399 g/mol. The minimum atomic E-state index is -0.978. The molecule has 144 valence electrons. The van der Waals surface area contributed by atoms with Gasteiger partial charge in [0.2, 0.25) is 0 Å². The van der Waals surface area contributed by atoms with E-state index in [0.29, 0.717) is 34.7 Å². The molecule has 0 spiro atoms. The van der Waals surface area contributed by atoms with Gasteiger partial charge in [-0.3, -0.25) is 13.9 Å². The molecule has 28 heavy (non-hydrogen) atoms. The van der Waals surface area contributed by atoms with Gasteiger partial charge in [-0.2, -0.15) is 5.10 Å². The predicted molar refractivity (Wildman–Crippen MR) is 106 cm³/mol. The smallest absolute Gasteiger partial charge is 0.259 e. The summed E-state index contributed by atoms with van der Waals surface area (Å²) in [5.74, 6) is -0.211. The third kappa shape index (κ3) is 2.78. The van der Waals surface area contributed by atoms with Crippen molar-refractivity contribution in [3.8, 4) is 17.0 Å². The van der Waals surface area contributed by atoms with Gasteiger partial charge in [0, 0.05) is 59.9 Å². The van der Waals surface area contributed by atoms with Crippen LogP contribution in [0, 0.1) is 0 Å². The number of thiazole rings is 1. The fourth-order valence-electron chi connectivity index (χ4n) is 3.76. The van der Waals surface area contributed by atoms with Crippen LogP contribution in [0.1, 0.15) is 17.2 Å². The molecule has 1 aromatic carbocycles. The number of aromatic nitrogens is 4. The molecule has 0 radical (unpaired) electrons. The fourth-order valence-corrected chi connectivity index (χ4v) is 4.93. The Labute approximate surface area is 163 Å². The van der Waals surface area contributed by atoms with Gasteiger partial charge in [-0.25, -0.2) is 9.37 Å². The lowest BCUT2D eigenvalue weighted by atomic mass is 9.95. The minimum Gasteiger partial charge on any atom is -0.507 e. The summed E-state index contributed by atoms with van der Waals surface area (Å²) in [7, 11) is 1.81. The van der Waals surface area contributed by atoms with Crippen LogP contribution in [0.4, 0.5) is 4.39 Å². The van der Waals surface area contributed by atoms with E-state index in [9.17, 15) is 14.3 Å². The lowest BCUT2D eigenvalue weighted by Crippen LogP contribution is -2.36. The van der Waals surface area contributed by atoms with Crippen LogP contribution < -0.4 is 10.9 Å². The Morgan fingerprint density at radius 2 is 2.18 bits per heavy atom. The van der Waals surface area contributed by atoms with Gasteiger partial charge in [0.05, 0.1) is 11.2 Å². The van der Waals surface area contributed by atoms with Crippen LogP contribution in [-0.2, 0) is 7.05 Å². The summed E-state index contributed by atoms with van der Waals surface area (Å²) < 4.78 is 17.4. The zero-order valence-electron chi connectivity index (χ0n) is 15.1. The lowest BCUT2D eigenvalue weighted by Gasteiger charge is -2.25. The van der Waals surface area contributed by atoms with Crippen molar-refractivity contribution in [3.05, 3.63) is 45.8 Å². The molecule has 9 heteroatoms. The first kappa shape index (κ1) is 17.3. The van der Waals surface area contributed by atoms with E-state index in [-0.39, 0.29) is 17.2 Å². The summed E-state index contributed by atoms with van der Waals surface area (Å²) >= 11 is 1.33. The minimum absolute atomic E-state index is 0.0152. The Hall–Kier alpha value is -2.78. The number of phenolic OH excluding ortho intramolecular Hbond substituents is 1. The number of fused-ring (bicyclic) bond motifs is 2.